The van der Waals surface area contributed by atoms with Crippen molar-refractivity contribution in [3.63, 3.8) is 0 Å². The Hall–Kier alpha value is -2.22. The number of amides is 2. The lowest BCUT2D eigenvalue weighted by atomic mass is 9.76. The summed E-state index contributed by atoms with van der Waals surface area (Å²) >= 11 is 0. The second-order valence-electron chi connectivity index (χ2n) is 9.08. The van der Waals surface area contributed by atoms with Crippen molar-refractivity contribution in [3.05, 3.63) is 23.9 Å². The maximum absolute atomic E-state index is 13.2. The van der Waals surface area contributed by atoms with E-state index in [-0.39, 0.29) is 29.9 Å². The lowest BCUT2D eigenvalue weighted by molar-refractivity contribution is -0.143. The first kappa shape index (κ1) is 18.2. The highest BCUT2D eigenvalue weighted by Crippen LogP contribution is 2.52. The van der Waals surface area contributed by atoms with Crippen LogP contribution in [0.3, 0.4) is 0 Å². The molecule has 0 saturated carbocycles. The normalized spacial score (nSPS) is 31.7. The van der Waals surface area contributed by atoms with Gasteiger partial charge in [0.15, 0.2) is 5.82 Å². The lowest BCUT2D eigenvalue weighted by Crippen LogP contribution is -2.45. The molecule has 2 unspecified atom stereocenters. The molecule has 0 radical (unpaired) electrons. The zero-order valence-corrected chi connectivity index (χ0v) is 16.4. The Morgan fingerprint density at radius 2 is 2.19 bits per heavy atom. The van der Waals surface area contributed by atoms with Crippen molar-refractivity contribution in [2.24, 2.45) is 17.3 Å². The summed E-state index contributed by atoms with van der Waals surface area (Å²) in [6, 6.07) is 0. The topological polar surface area (TPSA) is 88.8 Å². The standard InChI is InChI=1S/C19H26N4O4/c1-11-20-13(21-27-11)8-22(5)16(24)14-12-6-7-19(26-12)10-23(9-18(2,3)4)17(25)15(14)19/h6-7,12,14-15H,8-10H2,1-5H3/t12-,14?,15?,19-/m1/s1. The van der Waals surface area contributed by atoms with Crippen molar-refractivity contribution >= 4 is 11.8 Å². The van der Waals surface area contributed by atoms with Crippen LogP contribution >= 0.6 is 0 Å². The summed E-state index contributed by atoms with van der Waals surface area (Å²) in [6.45, 7) is 9.40. The number of hydrogen-bond acceptors (Lipinski definition) is 6. The smallest absolute Gasteiger partial charge is 0.230 e. The first-order valence-electron chi connectivity index (χ1n) is 9.30. The molecule has 1 aromatic heterocycles. The number of fused-ring (bicyclic) bond motifs is 1. The number of hydrogen-bond donors (Lipinski definition) is 0. The summed E-state index contributed by atoms with van der Waals surface area (Å²) in [7, 11) is 1.70. The molecule has 4 heterocycles. The van der Waals surface area contributed by atoms with Crippen LogP contribution in [-0.2, 0) is 20.9 Å². The lowest BCUT2D eigenvalue weighted by Gasteiger charge is -2.29. The highest BCUT2D eigenvalue weighted by Gasteiger charge is 2.67. The molecule has 1 spiro atoms. The van der Waals surface area contributed by atoms with Gasteiger partial charge in [-0.1, -0.05) is 38.1 Å². The molecule has 0 N–H and O–H groups in total. The number of ether oxygens (including phenoxy) is 1. The van der Waals surface area contributed by atoms with Gasteiger partial charge >= 0.3 is 0 Å². The largest absolute Gasteiger partial charge is 0.360 e. The average molecular weight is 374 g/mol. The molecule has 0 aliphatic carbocycles. The SMILES string of the molecule is Cc1nc(CN(C)C(=O)C2C3C(=O)N(CC(C)(C)C)C[C@]34C=C[C@H]2O4)no1. The molecule has 27 heavy (non-hydrogen) atoms. The number of rotatable bonds is 4. The van der Waals surface area contributed by atoms with Gasteiger partial charge in [-0.2, -0.15) is 4.98 Å². The van der Waals surface area contributed by atoms with Gasteiger partial charge < -0.3 is 19.1 Å². The van der Waals surface area contributed by atoms with E-state index in [1.165, 1.54) is 0 Å². The number of aryl methyl sites for hydroxylation is 1. The third kappa shape index (κ3) is 2.96. The van der Waals surface area contributed by atoms with Crippen molar-refractivity contribution in [1.82, 2.24) is 19.9 Å². The van der Waals surface area contributed by atoms with E-state index >= 15 is 0 Å². The van der Waals surface area contributed by atoms with E-state index in [1.807, 2.05) is 17.1 Å². The Kier molecular flexibility index (Phi) is 3.96. The molecule has 1 aromatic rings. The molecule has 8 heteroatoms. The van der Waals surface area contributed by atoms with Gasteiger partial charge in [0.1, 0.15) is 5.60 Å². The van der Waals surface area contributed by atoms with E-state index in [0.717, 1.165) is 0 Å². The maximum atomic E-state index is 13.2. The molecule has 2 bridgehead atoms. The van der Waals surface area contributed by atoms with Crippen LogP contribution in [0.1, 0.15) is 32.5 Å². The molecule has 4 rings (SSSR count). The van der Waals surface area contributed by atoms with Crippen LogP contribution in [0.4, 0.5) is 0 Å². The van der Waals surface area contributed by atoms with Gasteiger partial charge in [-0.3, -0.25) is 9.59 Å². The van der Waals surface area contributed by atoms with Crippen LogP contribution < -0.4 is 0 Å². The number of carbonyl (C=O) groups excluding carboxylic acids is 2. The molecule has 3 aliphatic rings. The summed E-state index contributed by atoms with van der Waals surface area (Å²) < 4.78 is 11.1. The molecule has 2 amide bonds. The Morgan fingerprint density at radius 3 is 2.81 bits per heavy atom. The molecular formula is C19H26N4O4. The minimum atomic E-state index is -0.670. The molecule has 2 saturated heterocycles. The van der Waals surface area contributed by atoms with Crippen LogP contribution in [0, 0.1) is 24.2 Å². The fourth-order valence-corrected chi connectivity index (χ4v) is 4.52. The summed E-state index contributed by atoms with van der Waals surface area (Å²) in [5.41, 5.74) is -0.684. The zero-order valence-electron chi connectivity index (χ0n) is 16.4. The Balaban J connectivity index is 1.54. The van der Waals surface area contributed by atoms with Crippen LogP contribution in [0.2, 0.25) is 0 Å². The van der Waals surface area contributed by atoms with E-state index in [9.17, 15) is 9.59 Å². The highest BCUT2D eigenvalue weighted by atomic mass is 16.5. The summed E-state index contributed by atoms with van der Waals surface area (Å²) in [6.07, 6.45) is 3.56. The van der Waals surface area contributed by atoms with E-state index in [1.54, 1.807) is 18.9 Å². The fourth-order valence-electron chi connectivity index (χ4n) is 4.52. The molecule has 8 nitrogen and oxygen atoms in total. The maximum Gasteiger partial charge on any atom is 0.230 e. The van der Waals surface area contributed by atoms with E-state index in [2.05, 4.69) is 30.9 Å². The monoisotopic (exact) mass is 374 g/mol. The van der Waals surface area contributed by atoms with Crippen LogP contribution in [-0.4, -0.2) is 63.6 Å². The van der Waals surface area contributed by atoms with E-state index < -0.39 is 17.4 Å². The van der Waals surface area contributed by atoms with Crippen molar-refractivity contribution in [1.29, 1.82) is 0 Å². The average Bonchev–Trinajstić information content (AvgIpc) is 3.28. The minimum absolute atomic E-state index is 0.0129. The van der Waals surface area contributed by atoms with Crippen LogP contribution in [0.25, 0.3) is 0 Å². The molecule has 146 valence electrons. The predicted molar refractivity (Wildman–Crippen MR) is 95.3 cm³/mol. The summed E-state index contributed by atoms with van der Waals surface area (Å²) in [5.74, 6) is -0.171. The van der Waals surface area contributed by atoms with Gasteiger partial charge in [0.05, 0.1) is 31.0 Å². The Bertz CT molecular complexity index is 811. The molecule has 0 aromatic carbocycles. The summed E-state index contributed by atoms with van der Waals surface area (Å²) in [5, 5.41) is 3.84. The third-order valence-corrected chi connectivity index (χ3v) is 5.45. The fraction of sp³-hybridized carbons (Fsp3) is 0.684. The van der Waals surface area contributed by atoms with Gasteiger partial charge in [0.25, 0.3) is 0 Å². The number of aromatic nitrogens is 2. The second kappa shape index (κ2) is 5.89. The highest BCUT2D eigenvalue weighted by molar-refractivity contribution is 5.93. The third-order valence-electron chi connectivity index (χ3n) is 5.45. The van der Waals surface area contributed by atoms with Crippen LogP contribution in [0.15, 0.2) is 16.7 Å². The Morgan fingerprint density at radius 1 is 1.44 bits per heavy atom. The van der Waals surface area contributed by atoms with Gasteiger partial charge in [-0.25, -0.2) is 0 Å². The molecule has 2 fully saturated rings. The molecule has 3 aliphatic heterocycles. The predicted octanol–water partition coefficient (Wildman–Crippen LogP) is 1.16. The number of nitrogens with zero attached hydrogens (tertiary/aromatic N) is 4. The van der Waals surface area contributed by atoms with Crippen molar-refractivity contribution in [2.75, 3.05) is 20.1 Å². The number of carbonyl (C=O) groups is 2. The van der Waals surface area contributed by atoms with Crippen molar-refractivity contribution in [2.45, 2.75) is 45.9 Å². The zero-order chi connectivity index (χ0) is 19.6. The minimum Gasteiger partial charge on any atom is -0.360 e. The van der Waals surface area contributed by atoms with Gasteiger partial charge in [0.2, 0.25) is 17.7 Å². The van der Waals surface area contributed by atoms with Gasteiger partial charge in [-0.05, 0) is 5.41 Å². The summed E-state index contributed by atoms with van der Waals surface area (Å²) in [4.78, 5) is 33.9. The number of likely N-dealkylation sites (tertiary alicyclic amines) is 1. The van der Waals surface area contributed by atoms with Gasteiger partial charge in [0, 0.05) is 20.5 Å². The van der Waals surface area contributed by atoms with E-state index in [0.29, 0.717) is 24.8 Å². The quantitative estimate of drug-likeness (QED) is 0.735. The van der Waals surface area contributed by atoms with Crippen molar-refractivity contribution in [3.8, 4) is 0 Å². The second-order valence-corrected chi connectivity index (χ2v) is 9.08. The van der Waals surface area contributed by atoms with Crippen molar-refractivity contribution < 1.29 is 18.8 Å². The molecule has 4 atom stereocenters. The molecular weight excluding hydrogens is 348 g/mol. The first-order valence-corrected chi connectivity index (χ1v) is 9.30. The van der Waals surface area contributed by atoms with Gasteiger partial charge in [-0.15, -0.1) is 0 Å². The first-order chi connectivity index (χ1) is 12.6. The Labute approximate surface area is 158 Å². The van der Waals surface area contributed by atoms with Crippen LogP contribution in [0.5, 0.6) is 0 Å². The van der Waals surface area contributed by atoms with E-state index in [4.69, 9.17) is 9.26 Å².